The van der Waals surface area contributed by atoms with Crippen LogP contribution < -0.4 is 10.6 Å². The fourth-order valence-electron chi connectivity index (χ4n) is 13.2. The molecule has 1 aromatic rings. The molecule has 5 nitrogen and oxygen atoms in total. The van der Waals surface area contributed by atoms with Crippen molar-refractivity contribution >= 4 is 11.5 Å². The molecule has 0 bridgehead atoms. The minimum Gasteiger partial charge on any atom is -0.478 e. The average molecular weight is 631 g/mol. The van der Waals surface area contributed by atoms with Crippen LogP contribution in [0.2, 0.25) is 0 Å². The third-order valence-corrected chi connectivity index (χ3v) is 15.5. The third kappa shape index (κ3) is 5.08. The van der Waals surface area contributed by atoms with E-state index in [0.717, 1.165) is 32.0 Å². The van der Waals surface area contributed by atoms with Gasteiger partial charge in [0, 0.05) is 26.2 Å². The first kappa shape index (κ1) is 33.9. The molecule has 5 aliphatic carbocycles. The molecule has 4 fully saturated rings. The number of benzene rings is 1. The first-order chi connectivity index (χ1) is 21.7. The van der Waals surface area contributed by atoms with Gasteiger partial charge in [0.15, 0.2) is 0 Å². The Morgan fingerprint density at radius 3 is 2.26 bits per heavy atom. The van der Waals surface area contributed by atoms with E-state index in [9.17, 15) is 9.90 Å². The van der Waals surface area contributed by atoms with Crippen molar-refractivity contribution in [1.29, 1.82) is 0 Å². The highest BCUT2D eigenvalue weighted by atomic mass is 16.4. The summed E-state index contributed by atoms with van der Waals surface area (Å²) in [6.07, 6.45) is 14.2. The number of aliphatic hydroxyl groups is 1. The van der Waals surface area contributed by atoms with E-state index in [2.05, 4.69) is 64.8 Å². The van der Waals surface area contributed by atoms with Crippen molar-refractivity contribution in [2.75, 3.05) is 32.8 Å². The molecule has 1 aromatic carbocycles. The van der Waals surface area contributed by atoms with Crippen LogP contribution in [0, 0.1) is 56.7 Å². The maximum Gasteiger partial charge on any atom is 0.335 e. The summed E-state index contributed by atoms with van der Waals surface area (Å²) < 4.78 is 0. The molecule has 4 N–H and O–H groups in total. The van der Waals surface area contributed by atoms with Gasteiger partial charge in [0.2, 0.25) is 0 Å². The minimum atomic E-state index is -0.860. The first-order valence-corrected chi connectivity index (χ1v) is 18.5. The van der Waals surface area contributed by atoms with Gasteiger partial charge < -0.3 is 20.8 Å². The monoisotopic (exact) mass is 630 g/mol. The molecule has 0 saturated heterocycles. The number of fused-ring (bicyclic) bond motifs is 7. The summed E-state index contributed by atoms with van der Waals surface area (Å²) in [5.74, 6) is 2.56. The summed E-state index contributed by atoms with van der Waals surface area (Å²) in [6.45, 7) is 23.8. The van der Waals surface area contributed by atoms with Crippen LogP contribution in [0.15, 0.2) is 42.5 Å². The Morgan fingerprint density at radius 2 is 1.59 bits per heavy atom. The van der Waals surface area contributed by atoms with Gasteiger partial charge in [-0.05, 0) is 145 Å². The SMILES string of the molecule is C=C(C)C1CCC2(CNCCNCCO)CCC3(C)C(CCC4C5(C)CC=C(c6ccc(C(=O)O)cc6)C(C)(C)C5CCC43C)C12. The number of hydrogen-bond donors (Lipinski definition) is 4. The fourth-order valence-corrected chi connectivity index (χ4v) is 13.2. The number of carboxylic acids is 1. The number of nitrogens with one attached hydrogen (secondary N) is 2. The lowest BCUT2D eigenvalue weighted by atomic mass is 9.32. The van der Waals surface area contributed by atoms with Gasteiger partial charge in [-0.15, -0.1) is 0 Å². The summed E-state index contributed by atoms with van der Waals surface area (Å²) in [5.41, 5.74) is 5.69. The molecular formula is C41H62N2O3. The van der Waals surface area contributed by atoms with Gasteiger partial charge in [0.05, 0.1) is 12.2 Å². The van der Waals surface area contributed by atoms with Crippen LogP contribution in [-0.4, -0.2) is 49.0 Å². The quantitative estimate of drug-likeness (QED) is 0.155. The Kier molecular flexibility index (Phi) is 8.99. The van der Waals surface area contributed by atoms with E-state index in [1.54, 1.807) is 12.1 Å². The summed E-state index contributed by atoms with van der Waals surface area (Å²) in [7, 11) is 0. The van der Waals surface area contributed by atoms with E-state index in [4.69, 9.17) is 5.11 Å². The number of carboxylic acid groups (broad SMARTS) is 1. The molecule has 0 amide bonds. The second-order valence-electron chi connectivity index (χ2n) is 17.6. The number of aromatic carboxylic acids is 1. The van der Waals surface area contributed by atoms with Crippen LogP contribution in [0.4, 0.5) is 0 Å². The molecule has 0 heterocycles. The van der Waals surface area contributed by atoms with Gasteiger partial charge >= 0.3 is 5.97 Å². The van der Waals surface area contributed by atoms with E-state index < -0.39 is 5.97 Å². The normalized spacial score (nSPS) is 41.0. The predicted molar refractivity (Wildman–Crippen MR) is 189 cm³/mol. The van der Waals surface area contributed by atoms with Crippen molar-refractivity contribution < 1.29 is 15.0 Å². The highest BCUT2D eigenvalue weighted by Crippen LogP contribution is 2.77. The van der Waals surface area contributed by atoms with Gasteiger partial charge in [0.1, 0.15) is 0 Å². The standard InChI is InChI=1S/C41H62N2O3/c1-27(2)30-14-19-41(26-43-23-22-42-24-25-44)21-20-39(6)32(35(30)41)12-13-34-38(5)17-15-31(28-8-10-29(11-9-28)36(45)46)37(3,4)33(38)16-18-40(34,39)7/h8-11,15,30,32-35,42-44H,1,12-14,16-26H2,2-7H3,(H,45,46). The van der Waals surface area contributed by atoms with E-state index in [1.165, 1.54) is 68.1 Å². The van der Waals surface area contributed by atoms with Crippen molar-refractivity contribution in [2.24, 2.45) is 56.7 Å². The topological polar surface area (TPSA) is 81.6 Å². The van der Waals surface area contributed by atoms with Crippen molar-refractivity contribution in [3.05, 3.63) is 53.6 Å². The molecule has 9 unspecified atom stereocenters. The molecule has 254 valence electrons. The predicted octanol–water partition coefficient (Wildman–Crippen LogP) is 8.21. The van der Waals surface area contributed by atoms with Gasteiger partial charge in [-0.3, -0.25) is 0 Å². The number of rotatable bonds is 10. The molecule has 0 aromatic heterocycles. The average Bonchev–Trinajstić information content (AvgIpc) is 3.39. The zero-order chi connectivity index (χ0) is 33.1. The van der Waals surface area contributed by atoms with E-state index in [1.807, 2.05) is 12.1 Å². The van der Waals surface area contributed by atoms with Crippen LogP contribution in [-0.2, 0) is 0 Å². The largest absolute Gasteiger partial charge is 0.478 e. The molecule has 4 saturated carbocycles. The zero-order valence-electron chi connectivity index (χ0n) is 29.7. The Hall–Kier alpha value is -1.95. The van der Waals surface area contributed by atoms with Crippen molar-refractivity contribution in [3.63, 3.8) is 0 Å². The Bertz CT molecular complexity index is 1350. The van der Waals surface area contributed by atoms with Crippen LogP contribution in [0.3, 0.4) is 0 Å². The lowest BCUT2D eigenvalue weighted by molar-refractivity contribution is -0.225. The number of hydrogen-bond acceptors (Lipinski definition) is 4. The second-order valence-corrected chi connectivity index (χ2v) is 17.6. The van der Waals surface area contributed by atoms with Crippen LogP contribution in [0.1, 0.15) is 115 Å². The summed E-state index contributed by atoms with van der Waals surface area (Å²) in [5, 5.41) is 25.8. The van der Waals surface area contributed by atoms with E-state index in [-0.39, 0.29) is 17.4 Å². The fraction of sp³-hybridized carbons (Fsp3) is 0.732. The van der Waals surface area contributed by atoms with E-state index in [0.29, 0.717) is 52.0 Å². The molecule has 0 radical (unpaired) electrons. The van der Waals surface area contributed by atoms with Crippen LogP contribution >= 0.6 is 0 Å². The molecule has 6 rings (SSSR count). The molecule has 9 atom stereocenters. The molecule has 5 aliphatic rings. The van der Waals surface area contributed by atoms with Gasteiger partial charge in [-0.1, -0.05) is 65.0 Å². The number of aliphatic hydroxyl groups excluding tert-OH is 1. The van der Waals surface area contributed by atoms with Crippen LogP contribution in [0.5, 0.6) is 0 Å². The lowest BCUT2D eigenvalue weighted by Crippen LogP contribution is -2.65. The first-order valence-electron chi connectivity index (χ1n) is 18.5. The molecule has 46 heavy (non-hydrogen) atoms. The van der Waals surface area contributed by atoms with Crippen LogP contribution in [0.25, 0.3) is 5.57 Å². The molecule has 0 spiro atoms. The van der Waals surface area contributed by atoms with Crippen molar-refractivity contribution in [2.45, 2.75) is 99.3 Å². The zero-order valence-corrected chi connectivity index (χ0v) is 29.7. The highest BCUT2D eigenvalue weighted by Gasteiger charge is 2.70. The van der Waals surface area contributed by atoms with Crippen molar-refractivity contribution in [1.82, 2.24) is 10.6 Å². The number of carbonyl (C=O) groups is 1. The maximum atomic E-state index is 11.5. The third-order valence-electron chi connectivity index (χ3n) is 15.5. The van der Waals surface area contributed by atoms with Gasteiger partial charge in [-0.2, -0.15) is 0 Å². The second kappa shape index (κ2) is 12.2. The maximum absolute atomic E-state index is 11.5. The molecule has 0 aliphatic heterocycles. The highest BCUT2D eigenvalue weighted by molar-refractivity contribution is 5.88. The molecule has 5 heteroatoms. The Morgan fingerprint density at radius 1 is 0.870 bits per heavy atom. The van der Waals surface area contributed by atoms with Gasteiger partial charge in [0.25, 0.3) is 0 Å². The summed E-state index contributed by atoms with van der Waals surface area (Å²) in [4.78, 5) is 11.5. The molecular weight excluding hydrogens is 568 g/mol. The lowest BCUT2D eigenvalue weighted by Gasteiger charge is -2.72. The van der Waals surface area contributed by atoms with Gasteiger partial charge in [-0.25, -0.2) is 4.79 Å². The Labute approximate surface area is 279 Å². The van der Waals surface area contributed by atoms with Crippen molar-refractivity contribution in [3.8, 4) is 0 Å². The minimum absolute atomic E-state index is 0.0345. The Balaban J connectivity index is 1.28. The van der Waals surface area contributed by atoms with E-state index >= 15 is 0 Å². The summed E-state index contributed by atoms with van der Waals surface area (Å²) >= 11 is 0. The number of allylic oxidation sites excluding steroid dienone is 3. The summed E-state index contributed by atoms with van der Waals surface area (Å²) in [6, 6.07) is 7.62. The smallest absolute Gasteiger partial charge is 0.335 e.